The van der Waals surface area contributed by atoms with Crippen molar-refractivity contribution in [3.8, 4) is 0 Å². The maximum atomic E-state index is 2.16. The fourth-order valence-electron chi connectivity index (χ4n) is 2.18. The van der Waals surface area contributed by atoms with Crippen LogP contribution >= 0.6 is 0 Å². The number of aryl methyl sites for hydroxylation is 1. The van der Waals surface area contributed by atoms with E-state index in [0.717, 1.165) is 0 Å². The van der Waals surface area contributed by atoms with Crippen molar-refractivity contribution in [3.63, 3.8) is 0 Å². The molecule has 0 N–H and O–H groups in total. The van der Waals surface area contributed by atoms with Crippen LogP contribution in [0.15, 0.2) is 78.9 Å². The molecule has 0 bridgehead atoms. The maximum Gasteiger partial charge on any atom is 0.248 e. The first-order valence-electron chi connectivity index (χ1n) is 6.02. The Morgan fingerprint density at radius 2 is 1.78 bits per heavy atom. The first-order chi connectivity index (χ1) is 8.84. The molecule has 1 aliphatic rings. The SMILES string of the molecule is C[n+]1ccn(C(=C2C=CC=C2)c2ccccc2)c1. The normalized spacial score (nSPS) is 13.3. The van der Waals surface area contributed by atoms with Crippen molar-refractivity contribution in [1.82, 2.24) is 4.57 Å². The Morgan fingerprint density at radius 3 is 2.39 bits per heavy atom. The molecule has 1 heterocycles. The van der Waals surface area contributed by atoms with Gasteiger partial charge in [-0.3, -0.25) is 0 Å². The van der Waals surface area contributed by atoms with Crippen molar-refractivity contribution in [2.45, 2.75) is 0 Å². The number of imidazole rings is 1. The van der Waals surface area contributed by atoms with Crippen LogP contribution in [0.25, 0.3) is 5.70 Å². The predicted molar refractivity (Wildman–Crippen MR) is 72.6 cm³/mol. The average molecular weight is 235 g/mol. The van der Waals surface area contributed by atoms with Crippen LogP contribution in [0.4, 0.5) is 0 Å². The zero-order valence-electron chi connectivity index (χ0n) is 10.3. The van der Waals surface area contributed by atoms with Gasteiger partial charge in [-0.15, -0.1) is 0 Å². The summed E-state index contributed by atoms with van der Waals surface area (Å²) in [5.41, 5.74) is 3.67. The molecule has 0 atom stereocenters. The van der Waals surface area contributed by atoms with Crippen LogP contribution in [0, 0.1) is 0 Å². The summed E-state index contributed by atoms with van der Waals surface area (Å²) in [7, 11) is 2.03. The van der Waals surface area contributed by atoms with Gasteiger partial charge in [-0.25, -0.2) is 9.13 Å². The van der Waals surface area contributed by atoms with Gasteiger partial charge in [-0.05, 0) is 0 Å². The van der Waals surface area contributed by atoms with E-state index in [4.69, 9.17) is 0 Å². The Hall–Kier alpha value is -2.35. The lowest BCUT2D eigenvalue weighted by molar-refractivity contribution is -0.670. The van der Waals surface area contributed by atoms with Crippen molar-refractivity contribution in [2.24, 2.45) is 7.05 Å². The smallest absolute Gasteiger partial charge is 0.239 e. The van der Waals surface area contributed by atoms with Crippen LogP contribution in [-0.4, -0.2) is 4.57 Å². The Balaban J connectivity index is 2.20. The third kappa shape index (κ3) is 1.93. The molecule has 2 heteroatoms. The number of benzene rings is 1. The second-order valence-corrected chi connectivity index (χ2v) is 4.37. The van der Waals surface area contributed by atoms with Crippen LogP contribution in [-0.2, 0) is 7.05 Å². The van der Waals surface area contributed by atoms with Gasteiger partial charge < -0.3 is 0 Å². The summed E-state index contributed by atoms with van der Waals surface area (Å²) in [4.78, 5) is 0. The van der Waals surface area contributed by atoms with Crippen molar-refractivity contribution in [1.29, 1.82) is 0 Å². The zero-order valence-corrected chi connectivity index (χ0v) is 10.3. The highest BCUT2D eigenvalue weighted by Crippen LogP contribution is 2.24. The van der Waals surface area contributed by atoms with Gasteiger partial charge in [0, 0.05) is 11.1 Å². The van der Waals surface area contributed by atoms with Crippen LogP contribution < -0.4 is 4.57 Å². The molecule has 0 unspecified atom stereocenters. The molecule has 0 amide bonds. The van der Waals surface area contributed by atoms with E-state index >= 15 is 0 Å². The molecule has 0 spiro atoms. The van der Waals surface area contributed by atoms with E-state index in [9.17, 15) is 0 Å². The first kappa shape index (κ1) is 10.8. The molecule has 3 rings (SSSR count). The predicted octanol–water partition coefficient (Wildman–Crippen LogP) is 2.70. The second-order valence-electron chi connectivity index (χ2n) is 4.37. The Kier molecular flexibility index (Phi) is 2.69. The molecule has 2 aromatic rings. The third-order valence-corrected chi connectivity index (χ3v) is 3.01. The topological polar surface area (TPSA) is 8.81 Å². The summed E-state index contributed by atoms with van der Waals surface area (Å²) in [6.07, 6.45) is 14.6. The Labute approximate surface area is 107 Å². The number of aromatic nitrogens is 2. The quantitative estimate of drug-likeness (QED) is 0.708. The maximum absolute atomic E-state index is 2.16. The van der Waals surface area contributed by atoms with Gasteiger partial charge in [-0.1, -0.05) is 54.6 Å². The lowest BCUT2D eigenvalue weighted by atomic mass is 10.1. The van der Waals surface area contributed by atoms with E-state index in [0.29, 0.717) is 0 Å². The lowest BCUT2D eigenvalue weighted by Gasteiger charge is -2.05. The highest BCUT2D eigenvalue weighted by Gasteiger charge is 2.14. The number of allylic oxidation sites excluding steroid dienone is 5. The van der Waals surface area contributed by atoms with Crippen LogP contribution in [0.5, 0.6) is 0 Å². The largest absolute Gasteiger partial charge is 0.248 e. The summed E-state index contributed by atoms with van der Waals surface area (Å²) in [6.45, 7) is 0. The molecular formula is C16H15N2+. The van der Waals surface area contributed by atoms with E-state index in [-0.39, 0.29) is 0 Å². The standard InChI is InChI=1S/C16H15N2/c1-17-11-12-18(13-17)16(15-9-5-6-10-15)14-7-3-2-4-8-14/h2-13H,1H3/q+1. The van der Waals surface area contributed by atoms with Gasteiger partial charge in [-0.2, -0.15) is 0 Å². The van der Waals surface area contributed by atoms with Gasteiger partial charge in [0.25, 0.3) is 0 Å². The van der Waals surface area contributed by atoms with Crippen molar-refractivity contribution >= 4 is 5.70 Å². The van der Waals surface area contributed by atoms with Gasteiger partial charge in [0.15, 0.2) is 0 Å². The molecule has 1 aliphatic carbocycles. The number of hydrogen-bond acceptors (Lipinski definition) is 0. The van der Waals surface area contributed by atoms with E-state index in [1.54, 1.807) is 0 Å². The number of hydrogen-bond donors (Lipinski definition) is 0. The first-order valence-corrected chi connectivity index (χ1v) is 6.02. The molecule has 88 valence electrons. The van der Waals surface area contributed by atoms with E-state index < -0.39 is 0 Å². The molecule has 2 nitrogen and oxygen atoms in total. The van der Waals surface area contributed by atoms with E-state index in [1.807, 2.05) is 23.9 Å². The molecule has 0 radical (unpaired) electrons. The molecular weight excluding hydrogens is 220 g/mol. The fourth-order valence-corrected chi connectivity index (χ4v) is 2.18. The Morgan fingerprint density at radius 1 is 1.06 bits per heavy atom. The summed E-state index contributed by atoms with van der Waals surface area (Å²) in [5.74, 6) is 0. The van der Waals surface area contributed by atoms with Gasteiger partial charge >= 0.3 is 0 Å². The highest BCUT2D eigenvalue weighted by atomic mass is 15.1. The minimum atomic E-state index is 1.21. The molecule has 0 saturated heterocycles. The highest BCUT2D eigenvalue weighted by molar-refractivity contribution is 5.74. The number of rotatable bonds is 2. The van der Waals surface area contributed by atoms with Crippen LogP contribution in [0.2, 0.25) is 0 Å². The average Bonchev–Trinajstić information content (AvgIpc) is 3.04. The molecule has 1 aromatic heterocycles. The van der Waals surface area contributed by atoms with Crippen molar-refractivity contribution < 1.29 is 4.57 Å². The molecule has 0 saturated carbocycles. The molecule has 18 heavy (non-hydrogen) atoms. The van der Waals surface area contributed by atoms with Crippen LogP contribution in [0.3, 0.4) is 0 Å². The molecule has 1 aromatic carbocycles. The Bertz CT molecular complexity index is 629. The fraction of sp³-hybridized carbons (Fsp3) is 0.0625. The second kappa shape index (κ2) is 4.49. The summed E-state index contributed by atoms with van der Waals surface area (Å²) in [5, 5.41) is 0. The van der Waals surface area contributed by atoms with Gasteiger partial charge in [0.05, 0.1) is 7.05 Å². The van der Waals surface area contributed by atoms with E-state index in [1.165, 1.54) is 16.8 Å². The van der Waals surface area contributed by atoms with Crippen LogP contribution in [0.1, 0.15) is 5.56 Å². The minimum absolute atomic E-state index is 1.21. The summed E-state index contributed by atoms with van der Waals surface area (Å²) in [6, 6.07) is 10.5. The number of nitrogens with zero attached hydrogens (tertiary/aromatic N) is 2. The summed E-state index contributed by atoms with van der Waals surface area (Å²) >= 11 is 0. The zero-order chi connectivity index (χ0) is 12.4. The van der Waals surface area contributed by atoms with Gasteiger partial charge in [0.2, 0.25) is 6.33 Å². The molecule has 0 aliphatic heterocycles. The monoisotopic (exact) mass is 235 g/mol. The third-order valence-electron chi connectivity index (χ3n) is 3.01. The minimum Gasteiger partial charge on any atom is -0.239 e. The lowest BCUT2D eigenvalue weighted by Crippen LogP contribution is -2.23. The summed E-state index contributed by atoms with van der Waals surface area (Å²) < 4.78 is 4.20. The van der Waals surface area contributed by atoms with E-state index in [2.05, 4.69) is 65.7 Å². The van der Waals surface area contributed by atoms with Crippen molar-refractivity contribution in [2.75, 3.05) is 0 Å². The molecule has 0 fully saturated rings. The van der Waals surface area contributed by atoms with Gasteiger partial charge in [0.1, 0.15) is 18.1 Å². The van der Waals surface area contributed by atoms with Crippen molar-refractivity contribution in [3.05, 3.63) is 84.5 Å².